The Labute approximate surface area is 92.8 Å². The lowest BCUT2D eigenvalue weighted by molar-refractivity contribution is 0.0454. The first-order valence-corrected chi connectivity index (χ1v) is 6.10. The highest BCUT2D eigenvalue weighted by atomic mass is 16.7. The zero-order valence-corrected chi connectivity index (χ0v) is 10.00. The quantitative estimate of drug-likeness (QED) is 0.464. The summed E-state index contributed by atoms with van der Waals surface area (Å²) in [5.74, 6) is 0. The van der Waals surface area contributed by atoms with Crippen LogP contribution in [0.1, 0.15) is 65.2 Å². The fourth-order valence-corrected chi connectivity index (χ4v) is 1.64. The Morgan fingerprint density at radius 2 is 1.73 bits per heavy atom. The second-order valence-electron chi connectivity index (χ2n) is 3.97. The van der Waals surface area contributed by atoms with Crippen LogP contribution in [0.25, 0.3) is 0 Å². The maximum absolute atomic E-state index is 10.3. The average molecular weight is 216 g/mol. The highest BCUT2D eigenvalue weighted by molar-refractivity contribution is 5.57. The van der Waals surface area contributed by atoms with Gasteiger partial charge in [-0.15, -0.1) is 0 Å². The van der Waals surface area contributed by atoms with Crippen LogP contribution in [0.15, 0.2) is 0 Å². The van der Waals surface area contributed by atoms with Crippen LogP contribution in [0, 0.1) is 0 Å². The van der Waals surface area contributed by atoms with Crippen molar-refractivity contribution in [2.24, 2.45) is 0 Å². The fraction of sp³-hybridized carbons (Fsp3) is 0.917. The number of carbonyl (C=O) groups is 1. The standard InChI is InChI=1S/C12H24O3/c1-3-5-6-7-8-9-10-11(4-2)15-12(13)14/h11H,3-10H2,1-2H3,(H,13,14). The van der Waals surface area contributed by atoms with Crippen LogP contribution in [0.3, 0.4) is 0 Å². The summed E-state index contributed by atoms with van der Waals surface area (Å²) in [5.41, 5.74) is 0. The predicted octanol–water partition coefficient (Wildman–Crippen LogP) is 4.21. The zero-order valence-electron chi connectivity index (χ0n) is 10.00. The molecule has 0 amide bonds. The van der Waals surface area contributed by atoms with Crippen LogP contribution < -0.4 is 0 Å². The van der Waals surface area contributed by atoms with Gasteiger partial charge in [0.1, 0.15) is 6.10 Å². The van der Waals surface area contributed by atoms with Crippen LogP contribution in [-0.4, -0.2) is 17.4 Å². The van der Waals surface area contributed by atoms with Gasteiger partial charge < -0.3 is 9.84 Å². The van der Waals surface area contributed by atoms with E-state index in [-0.39, 0.29) is 6.10 Å². The van der Waals surface area contributed by atoms with Gasteiger partial charge in [0.15, 0.2) is 0 Å². The molecule has 90 valence electrons. The Kier molecular flexibility index (Phi) is 9.33. The van der Waals surface area contributed by atoms with Crippen LogP contribution in [0.2, 0.25) is 0 Å². The molecule has 0 heterocycles. The summed E-state index contributed by atoms with van der Waals surface area (Å²) in [6, 6.07) is 0. The number of rotatable bonds is 9. The molecule has 0 aromatic carbocycles. The van der Waals surface area contributed by atoms with E-state index >= 15 is 0 Å². The van der Waals surface area contributed by atoms with Gasteiger partial charge in [0.25, 0.3) is 0 Å². The molecule has 0 aromatic rings. The van der Waals surface area contributed by atoms with Crippen molar-refractivity contribution in [2.75, 3.05) is 0 Å². The molecule has 15 heavy (non-hydrogen) atoms. The Bertz CT molecular complexity index is 157. The number of hydrogen-bond donors (Lipinski definition) is 1. The fourth-order valence-electron chi connectivity index (χ4n) is 1.64. The normalized spacial score (nSPS) is 12.4. The largest absolute Gasteiger partial charge is 0.506 e. The highest BCUT2D eigenvalue weighted by Gasteiger charge is 2.10. The minimum absolute atomic E-state index is 0.103. The van der Waals surface area contributed by atoms with E-state index in [0.29, 0.717) is 0 Å². The van der Waals surface area contributed by atoms with E-state index in [0.717, 1.165) is 19.3 Å². The highest BCUT2D eigenvalue weighted by Crippen LogP contribution is 2.12. The molecule has 1 atom stereocenters. The first-order chi connectivity index (χ1) is 7.20. The van der Waals surface area contributed by atoms with Crippen molar-refractivity contribution in [3.63, 3.8) is 0 Å². The molecule has 0 aliphatic heterocycles. The Balaban J connectivity index is 3.34. The van der Waals surface area contributed by atoms with Gasteiger partial charge in [-0.3, -0.25) is 0 Å². The average Bonchev–Trinajstić information content (AvgIpc) is 2.20. The molecule has 1 unspecified atom stereocenters. The monoisotopic (exact) mass is 216 g/mol. The predicted molar refractivity (Wildman–Crippen MR) is 61.2 cm³/mol. The molecule has 0 rings (SSSR count). The van der Waals surface area contributed by atoms with Crippen LogP contribution >= 0.6 is 0 Å². The third kappa shape index (κ3) is 9.57. The lowest BCUT2D eigenvalue weighted by Gasteiger charge is -2.13. The number of hydrogen-bond acceptors (Lipinski definition) is 2. The van der Waals surface area contributed by atoms with Gasteiger partial charge in [-0.1, -0.05) is 46.0 Å². The SMILES string of the molecule is CCCCCCCCC(CC)OC(=O)O. The van der Waals surface area contributed by atoms with Gasteiger partial charge >= 0.3 is 6.16 Å². The minimum atomic E-state index is -1.15. The van der Waals surface area contributed by atoms with Crippen LogP contribution in [0.4, 0.5) is 4.79 Å². The maximum atomic E-state index is 10.3. The zero-order chi connectivity index (χ0) is 11.5. The molecule has 0 spiro atoms. The molecule has 0 saturated heterocycles. The number of carboxylic acid groups (broad SMARTS) is 1. The smallest absolute Gasteiger partial charge is 0.450 e. The van der Waals surface area contributed by atoms with E-state index in [4.69, 9.17) is 9.84 Å². The summed E-state index contributed by atoms with van der Waals surface area (Å²) in [4.78, 5) is 10.3. The molecule has 3 heteroatoms. The number of ether oxygens (including phenoxy) is 1. The van der Waals surface area contributed by atoms with E-state index in [2.05, 4.69) is 6.92 Å². The first kappa shape index (κ1) is 14.3. The van der Waals surface area contributed by atoms with E-state index in [1.54, 1.807) is 0 Å². The van der Waals surface area contributed by atoms with Crippen molar-refractivity contribution in [3.8, 4) is 0 Å². The molecule has 0 saturated carbocycles. The van der Waals surface area contributed by atoms with Crippen molar-refractivity contribution >= 4 is 6.16 Å². The lowest BCUT2D eigenvalue weighted by atomic mass is 10.1. The Morgan fingerprint density at radius 1 is 1.13 bits per heavy atom. The molecule has 3 nitrogen and oxygen atoms in total. The van der Waals surface area contributed by atoms with Gasteiger partial charge in [0.05, 0.1) is 0 Å². The Morgan fingerprint density at radius 3 is 2.27 bits per heavy atom. The molecule has 0 aliphatic carbocycles. The van der Waals surface area contributed by atoms with Crippen LogP contribution in [-0.2, 0) is 4.74 Å². The van der Waals surface area contributed by atoms with Gasteiger partial charge in [-0.2, -0.15) is 0 Å². The van der Waals surface area contributed by atoms with Gasteiger partial charge in [-0.25, -0.2) is 4.79 Å². The summed E-state index contributed by atoms with van der Waals surface area (Å²) >= 11 is 0. The molecule has 1 N–H and O–H groups in total. The van der Waals surface area contributed by atoms with E-state index in [9.17, 15) is 4.79 Å². The summed E-state index contributed by atoms with van der Waals surface area (Å²) in [5, 5.41) is 8.47. The number of unbranched alkanes of at least 4 members (excludes halogenated alkanes) is 5. The van der Waals surface area contributed by atoms with Gasteiger partial charge in [-0.05, 0) is 19.3 Å². The molecule has 0 bridgehead atoms. The molecule has 0 aliphatic rings. The summed E-state index contributed by atoms with van der Waals surface area (Å²) < 4.78 is 4.74. The molecule has 0 fully saturated rings. The van der Waals surface area contributed by atoms with Crippen molar-refractivity contribution in [2.45, 2.75) is 71.3 Å². The third-order valence-corrected chi connectivity index (χ3v) is 2.60. The lowest BCUT2D eigenvalue weighted by Crippen LogP contribution is -2.15. The van der Waals surface area contributed by atoms with E-state index in [1.165, 1.54) is 32.1 Å². The van der Waals surface area contributed by atoms with E-state index in [1.807, 2.05) is 6.92 Å². The summed E-state index contributed by atoms with van der Waals surface area (Å²) in [7, 11) is 0. The topological polar surface area (TPSA) is 46.5 Å². The molecular weight excluding hydrogens is 192 g/mol. The molecule has 0 aromatic heterocycles. The second kappa shape index (κ2) is 9.81. The summed E-state index contributed by atoms with van der Waals surface area (Å²) in [6.45, 7) is 4.17. The van der Waals surface area contributed by atoms with Crippen LogP contribution in [0.5, 0.6) is 0 Å². The minimum Gasteiger partial charge on any atom is -0.450 e. The Hall–Kier alpha value is -0.730. The van der Waals surface area contributed by atoms with Gasteiger partial charge in [0, 0.05) is 0 Å². The second-order valence-corrected chi connectivity index (χ2v) is 3.97. The van der Waals surface area contributed by atoms with Gasteiger partial charge in [0.2, 0.25) is 0 Å². The van der Waals surface area contributed by atoms with Crippen molar-refractivity contribution in [1.29, 1.82) is 0 Å². The van der Waals surface area contributed by atoms with E-state index < -0.39 is 6.16 Å². The molecular formula is C12H24O3. The summed E-state index contributed by atoms with van der Waals surface area (Å²) in [6.07, 6.45) is 7.81. The van der Waals surface area contributed by atoms with Crippen molar-refractivity contribution in [1.82, 2.24) is 0 Å². The maximum Gasteiger partial charge on any atom is 0.506 e. The molecule has 0 radical (unpaired) electrons. The van der Waals surface area contributed by atoms with Crippen molar-refractivity contribution in [3.05, 3.63) is 0 Å². The third-order valence-electron chi connectivity index (χ3n) is 2.60. The first-order valence-electron chi connectivity index (χ1n) is 6.10. The van der Waals surface area contributed by atoms with Crippen molar-refractivity contribution < 1.29 is 14.6 Å².